The second-order valence-corrected chi connectivity index (χ2v) is 8.80. The van der Waals surface area contributed by atoms with Gasteiger partial charge in [0.1, 0.15) is 0 Å². The van der Waals surface area contributed by atoms with E-state index in [9.17, 15) is 14.7 Å². The van der Waals surface area contributed by atoms with Gasteiger partial charge in [0.2, 0.25) is 0 Å². The van der Waals surface area contributed by atoms with Crippen molar-refractivity contribution >= 4 is 23.0 Å². The lowest BCUT2D eigenvalue weighted by Crippen LogP contribution is -2.55. The molecule has 0 aliphatic carbocycles. The van der Waals surface area contributed by atoms with Crippen LogP contribution in [0.1, 0.15) is 58.8 Å². The molecule has 0 spiro atoms. The zero-order chi connectivity index (χ0) is 20.6. The van der Waals surface area contributed by atoms with Gasteiger partial charge in [-0.3, -0.25) is 4.79 Å². The molecule has 2 fully saturated rings. The van der Waals surface area contributed by atoms with E-state index in [0.29, 0.717) is 18.1 Å². The maximum atomic E-state index is 11.4. The third-order valence-electron chi connectivity index (χ3n) is 5.33. The summed E-state index contributed by atoms with van der Waals surface area (Å²) >= 11 is 1.21. The highest BCUT2D eigenvalue weighted by atomic mass is 32.2. The van der Waals surface area contributed by atoms with E-state index in [-0.39, 0.29) is 23.4 Å². The topological polar surface area (TPSA) is 84.9 Å². The van der Waals surface area contributed by atoms with Crippen LogP contribution in [-0.2, 0) is 14.3 Å². The van der Waals surface area contributed by atoms with Gasteiger partial charge in [0, 0.05) is 18.2 Å². The molecule has 2 saturated heterocycles. The second-order valence-electron chi connectivity index (χ2n) is 7.81. The summed E-state index contributed by atoms with van der Waals surface area (Å²) in [5, 5.41) is 13.6. The molecule has 7 heteroatoms. The number of thioether (sulfide) groups is 1. The van der Waals surface area contributed by atoms with E-state index in [1.807, 2.05) is 6.92 Å². The molecular weight excluding hydrogens is 378 g/mol. The number of carbonyl (C=O) groups excluding carboxylic acids is 2. The van der Waals surface area contributed by atoms with Crippen molar-refractivity contribution in [3.8, 4) is 0 Å². The van der Waals surface area contributed by atoms with Crippen molar-refractivity contribution in [2.24, 2.45) is 5.92 Å². The van der Waals surface area contributed by atoms with E-state index < -0.39 is 5.79 Å². The lowest BCUT2D eigenvalue weighted by atomic mass is 9.92. The third-order valence-corrected chi connectivity index (χ3v) is 6.21. The molecule has 1 amide bonds. The Bertz CT molecular complexity index is 606. The van der Waals surface area contributed by atoms with Gasteiger partial charge < -0.3 is 19.9 Å². The monoisotopic (exact) mass is 411 g/mol. The molecule has 2 aliphatic rings. The lowest BCUT2D eigenvalue weighted by Gasteiger charge is -2.40. The molecule has 0 radical (unpaired) electrons. The van der Waals surface area contributed by atoms with Crippen LogP contribution in [0, 0.1) is 5.92 Å². The Balaban J connectivity index is 1.70. The van der Waals surface area contributed by atoms with Crippen LogP contribution >= 0.6 is 11.8 Å². The van der Waals surface area contributed by atoms with Crippen LogP contribution in [0.15, 0.2) is 23.8 Å². The normalized spacial score (nSPS) is 29.7. The first-order chi connectivity index (χ1) is 13.3. The molecule has 2 rings (SSSR count). The smallest absolute Gasteiger partial charge is 0.330 e. The lowest BCUT2D eigenvalue weighted by molar-refractivity contribution is -0.264. The molecule has 0 bridgehead atoms. The predicted molar refractivity (Wildman–Crippen MR) is 111 cm³/mol. The van der Waals surface area contributed by atoms with Gasteiger partial charge in [0.15, 0.2) is 5.79 Å². The number of rotatable bonds is 9. The van der Waals surface area contributed by atoms with Crippen molar-refractivity contribution in [1.29, 1.82) is 0 Å². The van der Waals surface area contributed by atoms with Gasteiger partial charge in [-0.25, -0.2) is 4.79 Å². The van der Waals surface area contributed by atoms with Crippen LogP contribution in [-0.4, -0.2) is 47.1 Å². The summed E-state index contributed by atoms with van der Waals surface area (Å²) < 4.78 is 10.6. The Labute approximate surface area is 172 Å². The van der Waals surface area contributed by atoms with Gasteiger partial charge in [0.05, 0.1) is 19.3 Å². The van der Waals surface area contributed by atoms with Gasteiger partial charge >= 0.3 is 5.97 Å². The molecule has 6 nitrogen and oxygen atoms in total. The van der Waals surface area contributed by atoms with Crippen LogP contribution in [0.25, 0.3) is 0 Å². The van der Waals surface area contributed by atoms with E-state index >= 15 is 0 Å². The van der Waals surface area contributed by atoms with E-state index in [1.165, 1.54) is 24.9 Å². The number of allylic oxidation sites excluding steroid dienone is 3. The highest BCUT2D eigenvalue weighted by molar-refractivity contribution is 8.14. The average molecular weight is 412 g/mol. The fourth-order valence-electron chi connectivity index (χ4n) is 3.59. The summed E-state index contributed by atoms with van der Waals surface area (Å²) in [6, 6.07) is -0.314. The Hall–Kier alpha value is -1.31. The predicted octanol–water partition coefficient (Wildman–Crippen LogP) is 3.94. The summed E-state index contributed by atoms with van der Waals surface area (Å²) in [6.45, 7) is 4.11. The second kappa shape index (κ2) is 11.0. The first kappa shape index (κ1) is 23.0. The molecule has 158 valence electrons. The number of carbonyl (C=O) groups is 2. The Morgan fingerprint density at radius 2 is 2.32 bits per heavy atom. The molecule has 0 aromatic rings. The summed E-state index contributed by atoms with van der Waals surface area (Å²) in [7, 11) is 1.38. The van der Waals surface area contributed by atoms with Crippen molar-refractivity contribution in [2.45, 2.75) is 76.7 Å². The van der Waals surface area contributed by atoms with Crippen molar-refractivity contribution in [2.75, 3.05) is 12.9 Å². The zero-order valence-electron chi connectivity index (χ0n) is 17.1. The molecule has 2 heterocycles. The first-order valence-corrected chi connectivity index (χ1v) is 11.1. The highest BCUT2D eigenvalue weighted by Crippen LogP contribution is 2.35. The van der Waals surface area contributed by atoms with Crippen LogP contribution in [0.4, 0.5) is 4.79 Å². The molecule has 1 unspecified atom stereocenters. The quantitative estimate of drug-likeness (QED) is 0.340. The molecule has 0 aromatic heterocycles. The summed E-state index contributed by atoms with van der Waals surface area (Å²) in [5.41, 5.74) is 1.01. The third kappa shape index (κ3) is 7.26. The van der Waals surface area contributed by atoms with Gasteiger partial charge in [0.25, 0.3) is 5.24 Å². The van der Waals surface area contributed by atoms with Gasteiger partial charge in [-0.2, -0.15) is 0 Å². The first-order valence-electron chi connectivity index (χ1n) is 10.1. The molecule has 28 heavy (non-hydrogen) atoms. The molecule has 4 atom stereocenters. The van der Waals surface area contributed by atoms with E-state index in [1.54, 1.807) is 0 Å². The van der Waals surface area contributed by atoms with Gasteiger partial charge in [-0.15, -0.1) is 0 Å². The number of hydrogen-bond donors (Lipinski definition) is 2. The Kier molecular flexibility index (Phi) is 9.05. The summed E-state index contributed by atoms with van der Waals surface area (Å²) in [4.78, 5) is 22.6. The minimum absolute atomic E-state index is 0.0299. The van der Waals surface area contributed by atoms with Crippen LogP contribution < -0.4 is 5.32 Å². The van der Waals surface area contributed by atoms with Crippen LogP contribution in [0.5, 0.6) is 0 Å². The SMILES string of the molecule is COC(=O)/C=C(/C)CC/C=C\C(C)CC[C@@H]1CCC[C@](O)([C@@H]2CSC(=O)N2)O1. The van der Waals surface area contributed by atoms with Crippen LogP contribution in [0.3, 0.4) is 0 Å². The number of aliphatic hydroxyl groups is 1. The Morgan fingerprint density at radius 1 is 1.54 bits per heavy atom. The van der Waals surface area contributed by atoms with E-state index in [0.717, 1.165) is 44.1 Å². The number of esters is 1. The fourth-order valence-corrected chi connectivity index (χ4v) is 4.48. The van der Waals surface area contributed by atoms with Crippen molar-refractivity contribution < 1.29 is 24.2 Å². The summed E-state index contributed by atoms with van der Waals surface area (Å²) in [6.07, 6.45) is 12.0. The summed E-state index contributed by atoms with van der Waals surface area (Å²) in [5.74, 6) is -0.557. The van der Waals surface area contributed by atoms with Gasteiger partial charge in [-0.05, 0) is 51.4 Å². The largest absolute Gasteiger partial charge is 0.466 e. The Morgan fingerprint density at radius 3 is 3.00 bits per heavy atom. The van der Waals surface area contributed by atoms with Crippen molar-refractivity contribution in [3.05, 3.63) is 23.8 Å². The molecule has 0 aromatic carbocycles. The molecule has 2 N–H and O–H groups in total. The number of hydrogen-bond acceptors (Lipinski definition) is 6. The fraction of sp³-hybridized carbons (Fsp3) is 0.714. The van der Waals surface area contributed by atoms with Gasteiger partial charge in [-0.1, -0.05) is 36.4 Å². The minimum Gasteiger partial charge on any atom is -0.466 e. The number of nitrogens with one attached hydrogen (secondary N) is 1. The zero-order valence-corrected chi connectivity index (χ0v) is 17.9. The number of ether oxygens (including phenoxy) is 2. The number of methoxy groups -OCH3 is 1. The number of amides is 1. The maximum Gasteiger partial charge on any atom is 0.330 e. The molecule has 2 aliphatic heterocycles. The van der Waals surface area contributed by atoms with Crippen molar-refractivity contribution in [1.82, 2.24) is 5.32 Å². The minimum atomic E-state index is -1.23. The maximum absolute atomic E-state index is 11.4. The van der Waals surface area contributed by atoms with Crippen molar-refractivity contribution in [3.63, 3.8) is 0 Å². The van der Waals surface area contributed by atoms with E-state index in [4.69, 9.17) is 4.74 Å². The van der Waals surface area contributed by atoms with Crippen LogP contribution in [0.2, 0.25) is 0 Å². The van der Waals surface area contributed by atoms with E-state index in [2.05, 4.69) is 29.1 Å². The molecule has 0 saturated carbocycles. The standard InChI is InChI=1S/C21H33NO5S/c1-15(7-4-5-8-16(2)13-19(23)26-3)10-11-17-9-6-12-21(25,27-17)18-14-28-20(24)22-18/h4,7,13,15,17-18,25H,5-6,8-12,14H2,1-3H3,(H,22,24)/b7-4-,16-13-/t15?,17-,18-,21+/m0/s1. The molecular formula is C21H33NO5S. The highest BCUT2D eigenvalue weighted by Gasteiger charge is 2.45. The average Bonchev–Trinajstić information content (AvgIpc) is 3.11.